The summed E-state index contributed by atoms with van der Waals surface area (Å²) >= 11 is 3.19. The summed E-state index contributed by atoms with van der Waals surface area (Å²) < 4.78 is 0.632. The molecule has 112 valence electrons. The molecule has 1 aromatic heterocycles. The van der Waals surface area contributed by atoms with E-state index >= 15 is 0 Å². The number of aromatic hydroxyl groups is 1. The minimum Gasteiger partial charge on any atom is -0.508 e. The number of phenolic OH excluding ortho intramolecular Hbond substituents is 1. The van der Waals surface area contributed by atoms with Crippen molar-refractivity contribution in [3.8, 4) is 5.75 Å². The molecule has 0 unspecified atom stereocenters. The van der Waals surface area contributed by atoms with Gasteiger partial charge in [0.2, 0.25) is 0 Å². The zero-order valence-electron chi connectivity index (χ0n) is 10.9. The van der Waals surface area contributed by atoms with Gasteiger partial charge in [-0.05, 0) is 34.1 Å². The maximum Gasteiger partial charge on any atom is 0.278 e. The van der Waals surface area contributed by atoms with Gasteiger partial charge in [-0.15, -0.1) is 0 Å². The number of phenols is 1. The van der Waals surface area contributed by atoms with Gasteiger partial charge in [0.15, 0.2) is 0 Å². The van der Waals surface area contributed by atoms with Crippen LogP contribution >= 0.6 is 15.9 Å². The number of amides is 1. The highest BCUT2D eigenvalue weighted by Crippen LogP contribution is 2.21. The first-order valence-electron chi connectivity index (χ1n) is 5.89. The Morgan fingerprint density at radius 3 is 2.86 bits per heavy atom. The molecule has 0 aliphatic rings. The van der Waals surface area contributed by atoms with Crippen molar-refractivity contribution in [2.75, 3.05) is 0 Å². The Hall–Kier alpha value is -2.81. The smallest absolute Gasteiger partial charge is 0.278 e. The minimum absolute atomic E-state index is 0.0673. The van der Waals surface area contributed by atoms with E-state index in [1.54, 1.807) is 6.07 Å². The standard InChI is InChI=1S/C13H9BrN4O4/c14-10-3-9(5-15-7-10)13(20)17-16-6-8-4-11(19)1-2-12(8)18(21)22/h1-7,19H,(H,17,20)/b16-6-. The van der Waals surface area contributed by atoms with Crippen LogP contribution in [-0.2, 0) is 0 Å². The first-order valence-corrected chi connectivity index (χ1v) is 6.68. The summed E-state index contributed by atoms with van der Waals surface area (Å²) in [6.45, 7) is 0. The van der Waals surface area contributed by atoms with Gasteiger partial charge in [0.05, 0.1) is 22.3 Å². The molecule has 0 radical (unpaired) electrons. The molecule has 2 N–H and O–H groups in total. The number of carbonyl (C=O) groups is 1. The van der Waals surface area contributed by atoms with Crippen LogP contribution < -0.4 is 5.43 Å². The molecule has 0 saturated heterocycles. The van der Waals surface area contributed by atoms with Crippen LogP contribution in [-0.4, -0.2) is 27.1 Å². The fourth-order valence-corrected chi connectivity index (χ4v) is 1.94. The van der Waals surface area contributed by atoms with Crippen LogP contribution in [0.5, 0.6) is 5.75 Å². The van der Waals surface area contributed by atoms with E-state index in [9.17, 15) is 20.0 Å². The first-order chi connectivity index (χ1) is 10.5. The molecule has 0 aliphatic carbocycles. The van der Waals surface area contributed by atoms with Crippen molar-refractivity contribution >= 4 is 33.7 Å². The van der Waals surface area contributed by atoms with Crippen LogP contribution in [0, 0.1) is 10.1 Å². The Labute approximate surface area is 132 Å². The second-order valence-corrected chi connectivity index (χ2v) is 5.01. The quantitative estimate of drug-likeness (QED) is 0.489. The van der Waals surface area contributed by atoms with E-state index in [-0.39, 0.29) is 22.6 Å². The zero-order valence-corrected chi connectivity index (χ0v) is 12.5. The molecule has 2 aromatic rings. The predicted molar refractivity (Wildman–Crippen MR) is 81.8 cm³/mol. The number of rotatable bonds is 4. The lowest BCUT2D eigenvalue weighted by molar-refractivity contribution is -0.385. The monoisotopic (exact) mass is 364 g/mol. The lowest BCUT2D eigenvalue weighted by Crippen LogP contribution is -2.17. The highest BCUT2D eigenvalue weighted by Gasteiger charge is 2.12. The molecule has 0 atom stereocenters. The van der Waals surface area contributed by atoms with E-state index in [0.717, 1.165) is 12.3 Å². The fourth-order valence-electron chi connectivity index (χ4n) is 1.57. The first kappa shape index (κ1) is 15.6. The van der Waals surface area contributed by atoms with Gasteiger partial charge >= 0.3 is 0 Å². The molecule has 0 spiro atoms. The highest BCUT2D eigenvalue weighted by atomic mass is 79.9. The molecular formula is C13H9BrN4O4. The maximum atomic E-state index is 11.8. The Kier molecular flexibility index (Phi) is 4.79. The van der Waals surface area contributed by atoms with Gasteiger partial charge in [-0.25, -0.2) is 5.43 Å². The SMILES string of the molecule is O=C(N/N=C\c1cc(O)ccc1[N+](=O)[O-])c1cncc(Br)c1. The number of nitro benzene ring substituents is 1. The van der Waals surface area contributed by atoms with Crippen LogP contribution in [0.25, 0.3) is 0 Å². The van der Waals surface area contributed by atoms with Crippen molar-refractivity contribution in [1.29, 1.82) is 0 Å². The van der Waals surface area contributed by atoms with E-state index < -0.39 is 10.8 Å². The van der Waals surface area contributed by atoms with Gasteiger partial charge in [0.1, 0.15) is 5.75 Å². The zero-order chi connectivity index (χ0) is 16.1. The number of hydrogen-bond donors (Lipinski definition) is 2. The highest BCUT2D eigenvalue weighted by molar-refractivity contribution is 9.10. The molecule has 9 heteroatoms. The van der Waals surface area contributed by atoms with Gasteiger partial charge in [-0.3, -0.25) is 19.9 Å². The van der Waals surface area contributed by atoms with E-state index in [1.807, 2.05) is 0 Å². The molecule has 22 heavy (non-hydrogen) atoms. The Balaban J connectivity index is 2.14. The molecular weight excluding hydrogens is 356 g/mol. The molecule has 1 heterocycles. The average molecular weight is 365 g/mol. The van der Waals surface area contributed by atoms with Crippen molar-refractivity contribution in [3.05, 3.63) is 62.4 Å². The fraction of sp³-hybridized carbons (Fsp3) is 0. The van der Waals surface area contributed by atoms with Crippen LogP contribution in [0.15, 0.2) is 46.2 Å². The number of benzene rings is 1. The topological polar surface area (TPSA) is 118 Å². The van der Waals surface area contributed by atoms with Gasteiger partial charge in [0.25, 0.3) is 11.6 Å². The Morgan fingerprint density at radius 2 is 2.18 bits per heavy atom. The summed E-state index contributed by atoms with van der Waals surface area (Å²) in [7, 11) is 0. The predicted octanol–water partition coefficient (Wildman–Crippen LogP) is 2.22. The summed E-state index contributed by atoms with van der Waals surface area (Å²) in [5.41, 5.74) is 2.33. The number of aromatic nitrogens is 1. The van der Waals surface area contributed by atoms with E-state index in [0.29, 0.717) is 4.47 Å². The van der Waals surface area contributed by atoms with E-state index in [4.69, 9.17) is 0 Å². The van der Waals surface area contributed by atoms with E-state index in [1.165, 1.54) is 24.5 Å². The third-order valence-electron chi connectivity index (χ3n) is 2.54. The van der Waals surface area contributed by atoms with Gasteiger partial charge in [-0.1, -0.05) is 0 Å². The summed E-state index contributed by atoms with van der Waals surface area (Å²) in [4.78, 5) is 25.9. The number of carbonyl (C=O) groups excluding carboxylic acids is 1. The van der Waals surface area contributed by atoms with Crippen LogP contribution in [0.3, 0.4) is 0 Å². The number of halogens is 1. The van der Waals surface area contributed by atoms with Gasteiger partial charge in [0, 0.05) is 22.9 Å². The third-order valence-corrected chi connectivity index (χ3v) is 2.98. The lowest BCUT2D eigenvalue weighted by Gasteiger charge is -2.00. The van der Waals surface area contributed by atoms with Crippen molar-refractivity contribution in [2.45, 2.75) is 0 Å². The molecule has 0 saturated carbocycles. The Bertz CT molecular complexity index is 763. The van der Waals surface area contributed by atoms with E-state index in [2.05, 4.69) is 31.4 Å². The minimum atomic E-state index is -0.610. The maximum absolute atomic E-state index is 11.8. The third kappa shape index (κ3) is 3.85. The second kappa shape index (κ2) is 6.76. The largest absolute Gasteiger partial charge is 0.508 e. The summed E-state index contributed by atoms with van der Waals surface area (Å²) in [6, 6.07) is 5.07. The summed E-state index contributed by atoms with van der Waals surface area (Å²) in [5, 5.41) is 23.9. The number of hydrogen-bond acceptors (Lipinski definition) is 6. The summed E-state index contributed by atoms with van der Waals surface area (Å²) in [6.07, 6.45) is 3.96. The van der Waals surface area contributed by atoms with Gasteiger partial charge < -0.3 is 5.11 Å². The van der Waals surface area contributed by atoms with Gasteiger partial charge in [-0.2, -0.15) is 5.10 Å². The van der Waals surface area contributed by atoms with Crippen molar-refractivity contribution in [3.63, 3.8) is 0 Å². The van der Waals surface area contributed by atoms with Crippen molar-refractivity contribution < 1.29 is 14.8 Å². The number of hydrazone groups is 1. The van der Waals surface area contributed by atoms with Crippen LogP contribution in [0.1, 0.15) is 15.9 Å². The average Bonchev–Trinajstić information content (AvgIpc) is 2.47. The van der Waals surface area contributed by atoms with Crippen LogP contribution in [0.4, 0.5) is 5.69 Å². The Morgan fingerprint density at radius 1 is 1.41 bits per heavy atom. The number of nitrogens with one attached hydrogen (secondary N) is 1. The number of nitrogens with zero attached hydrogens (tertiary/aromatic N) is 3. The second-order valence-electron chi connectivity index (χ2n) is 4.09. The van der Waals surface area contributed by atoms with Crippen molar-refractivity contribution in [2.24, 2.45) is 5.10 Å². The summed E-state index contributed by atoms with van der Waals surface area (Å²) in [5.74, 6) is -0.664. The molecule has 1 aromatic carbocycles. The lowest BCUT2D eigenvalue weighted by atomic mass is 10.2. The molecule has 1 amide bonds. The number of nitro groups is 1. The molecule has 8 nitrogen and oxygen atoms in total. The van der Waals surface area contributed by atoms with Crippen molar-refractivity contribution in [1.82, 2.24) is 10.4 Å². The normalized spacial score (nSPS) is 10.6. The molecule has 0 aliphatic heterocycles. The van der Waals surface area contributed by atoms with Crippen LogP contribution in [0.2, 0.25) is 0 Å². The number of pyridine rings is 1. The molecule has 2 rings (SSSR count). The molecule has 0 bridgehead atoms. The molecule has 0 fully saturated rings.